The van der Waals surface area contributed by atoms with Crippen LogP contribution in [0.4, 0.5) is 0 Å². The third kappa shape index (κ3) is 1.88. The van der Waals surface area contributed by atoms with Crippen molar-refractivity contribution in [2.75, 3.05) is 0 Å². The average molecular weight is 238 g/mol. The van der Waals surface area contributed by atoms with Gasteiger partial charge in [0.15, 0.2) is 5.58 Å². The Labute approximate surface area is 105 Å². The van der Waals surface area contributed by atoms with Crippen molar-refractivity contribution in [3.8, 4) is 11.5 Å². The lowest BCUT2D eigenvalue weighted by atomic mass is 10.1. The highest BCUT2D eigenvalue weighted by atomic mass is 16.3. The van der Waals surface area contributed by atoms with Crippen LogP contribution in [0.25, 0.3) is 22.6 Å². The zero-order chi connectivity index (χ0) is 12.5. The number of hydrogen-bond acceptors (Lipinski definition) is 3. The summed E-state index contributed by atoms with van der Waals surface area (Å²) >= 11 is 0. The van der Waals surface area contributed by atoms with E-state index >= 15 is 0 Å². The number of benzene rings is 1. The molecule has 0 aliphatic carbocycles. The largest absolute Gasteiger partial charge is 0.436 e. The van der Waals surface area contributed by atoms with Crippen molar-refractivity contribution in [2.24, 2.45) is 0 Å². The van der Waals surface area contributed by atoms with Gasteiger partial charge >= 0.3 is 0 Å². The number of aromatic nitrogens is 2. The van der Waals surface area contributed by atoms with E-state index in [0.29, 0.717) is 5.89 Å². The molecule has 0 fully saturated rings. The van der Waals surface area contributed by atoms with Crippen molar-refractivity contribution in [3.63, 3.8) is 0 Å². The summed E-state index contributed by atoms with van der Waals surface area (Å²) in [6.07, 6.45) is 2.80. The topological polar surface area (TPSA) is 38.9 Å². The lowest BCUT2D eigenvalue weighted by molar-refractivity contribution is 0.619. The maximum Gasteiger partial charge on any atom is 0.228 e. The van der Waals surface area contributed by atoms with Crippen molar-refractivity contribution < 1.29 is 4.42 Å². The normalized spacial score (nSPS) is 11.0. The second kappa shape index (κ2) is 4.26. The molecule has 3 nitrogen and oxygen atoms in total. The van der Waals surface area contributed by atoms with E-state index in [1.54, 1.807) is 6.20 Å². The molecule has 3 aromatic rings. The van der Waals surface area contributed by atoms with E-state index in [1.807, 2.05) is 25.1 Å². The summed E-state index contributed by atoms with van der Waals surface area (Å²) in [6.45, 7) is 4.09. The third-order valence-electron chi connectivity index (χ3n) is 3.02. The summed E-state index contributed by atoms with van der Waals surface area (Å²) in [5.41, 5.74) is 4.90. The molecule has 0 aliphatic rings. The molecule has 3 rings (SSSR count). The van der Waals surface area contributed by atoms with Crippen molar-refractivity contribution in [1.29, 1.82) is 0 Å². The van der Waals surface area contributed by atoms with Gasteiger partial charge in [-0.15, -0.1) is 0 Å². The summed E-state index contributed by atoms with van der Waals surface area (Å²) in [7, 11) is 0. The molecule has 0 saturated carbocycles. The van der Waals surface area contributed by atoms with E-state index < -0.39 is 0 Å². The van der Waals surface area contributed by atoms with Gasteiger partial charge in [-0.2, -0.15) is 0 Å². The van der Waals surface area contributed by atoms with Crippen LogP contribution in [-0.2, 0) is 6.42 Å². The fraction of sp³-hybridized carbons (Fsp3) is 0.200. The Morgan fingerprint density at radius 3 is 2.78 bits per heavy atom. The molecule has 0 radical (unpaired) electrons. The van der Waals surface area contributed by atoms with E-state index in [9.17, 15) is 0 Å². The van der Waals surface area contributed by atoms with Crippen molar-refractivity contribution in [1.82, 2.24) is 9.97 Å². The smallest absolute Gasteiger partial charge is 0.228 e. The first-order chi connectivity index (χ1) is 8.76. The van der Waals surface area contributed by atoms with Crippen molar-refractivity contribution in [2.45, 2.75) is 20.3 Å². The number of aryl methyl sites for hydroxylation is 2. The second-order valence-corrected chi connectivity index (χ2v) is 4.36. The van der Waals surface area contributed by atoms with Crippen LogP contribution in [0.1, 0.15) is 18.2 Å². The number of oxazole rings is 1. The van der Waals surface area contributed by atoms with Crippen LogP contribution in [0.2, 0.25) is 0 Å². The van der Waals surface area contributed by atoms with Crippen LogP contribution >= 0.6 is 0 Å². The number of rotatable bonds is 2. The minimum atomic E-state index is 0.630. The molecule has 18 heavy (non-hydrogen) atoms. The summed E-state index contributed by atoms with van der Waals surface area (Å²) in [6, 6.07) is 10.1. The van der Waals surface area contributed by atoms with Gasteiger partial charge in [-0.3, -0.25) is 4.98 Å². The maximum absolute atomic E-state index is 5.74. The van der Waals surface area contributed by atoms with Gasteiger partial charge in [-0.1, -0.05) is 13.0 Å². The van der Waals surface area contributed by atoms with Crippen LogP contribution in [0, 0.1) is 6.92 Å². The summed E-state index contributed by atoms with van der Waals surface area (Å²) in [4.78, 5) is 8.77. The van der Waals surface area contributed by atoms with Gasteiger partial charge in [0, 0.05) is 11.9 Å². The molecule has 1 aromatic carbocycles. The van der Waals surface area contributed by atoms with Crippen molar-refractivity contribution >= 4 is 11.1 Å². The monoisotopic (exact) mass is 238 g/mol. The predicted octanol–water partition coefficient (Wildman–Crippen LogP) is 3.76. The highest BCUT2D eigenvalue weighted by Crippen LogP contribution is 2.24. The Balaban J connectivity index is 2.10. The first-order valence-electron chi connectivity index (χ1n) is 6.09. The van der Waals surface area contributed by atoms with Crippen LogP contribution < -0.4 is 0 Å². The van der Waals surface area contributed by atoms with Gasteiger partial charge in [-0.25, -0.2) is 4.98 Å². The Morgan fingerprint density at radius 2 is 2.06 bits per heavy atom. The highest BCUT2D eigenvalue weighted by molar-refractivity contribution is 5.76. The lowest BCUT2D eigenvalue weighted by Crippen LogP contribution is -1.82. The van der Waals surface area contributed by atoms with Gasteiger partial charge in [-0.05, 0) is 43.2 Å². The van der Waals surface area contributed by atoms with Crippen molar-refractivity contribution in [3.05, 3.63) is 47.8 Å². The van der Waals surface area contributed by atoms with Crippen LogP contribution in [0.3, 0.4) is 0 Å². The maximum atomic E-state index is 5.74. The van der Waals surface area contributed by atoms with Crippen LogP contribution in [-0.4, -0.2) is 9.97 Å². The minimum absolute atomic E-state index is 0.630. The molecule has 0 aliphatic heterocycles. The molecule has 0 N–H and O–H groups in total. The molecule has 2 aromatic heterocycles. The SMILES string of the molecule is CCc1ccc2oc(-c3ccc(C)nc3)nc2c1. The lowest BCUT2D eigenvalue weighted by Gasteiger charge is -1.94. The fourth-order valence-corrected chi connectivity index (χ4v) is 1.91. The van der Waals surface area contributed by atoms with Gasteiger partial charge in [0.2, 0.25) is 5.89 Å². The molecular formula is C15H14N2O. The second-order valence-electron chi connectivity index (χ2n) is 4.36. The Kier molecular flexibility index (Phi) is 2.59. The molecular weight excluding hydrogens is 224 g/mol. The molecule has 3 heteroatoms. The number of hydrogen-bond donors (Lipinski definition) is 0. The Bertz CT molecular complexity index is 683. The first-order valence-corrected chi connectivity index (χ1v) is 6.09. The van der Waals surface area contributed by atoms with Crippen LogP contribution in [0.15, 0.2) is 40.9 Å². The molecule has 2 heterocycles. The molecule has 0 amide bonds. The number of nitrogens with zero attached hydrogens (tertiary/aromatic N) is 2. The van der Waals surface area contributed by atoms with Gasteiger partial charge < -0.3 is 4.42 Å². The number of fused-ring (bicyclic) bond motifs is 1. The van der Waals surface area contributed by atoms with Gasteiger partial charge in [0.1, 0.15) is 5.52 Å². The zero-order valence-electron chi connectivity index (χ0n) is 10.5. The van der Waals surface area contributed by atoms with E-state index in [1.165, 1.54) is 5.56 Å². The quantitative estimate of drug-likeness (QED) is 0.682. The molecule has 0 unspecified atom stereocenters. The molecule has 0 bridgehead atoms. The predicted molar refractivity (Wildman–Crippen MR) is 71.4 cm³/mol. The standard InChI is InChI=1S/C15H14N2O/c1-3-11-5-7-14-13(8-11)17-15(18-14)12-6-4-10(2)16-9-12/h4-9H,3H2,1-2H3. The molecule has 90 valence electrons. The van der Waals surface area contributed by atoms with E-state index in [4.69, 9.17) is 4.42 Å². The average Bonchev–Trinajstić information content (AvgIpc) is 2.82. The van der Waals surface area contributed by atoms with Gasteiger partial charge in [0.25, 0.3) is 0 Å². The first kappa shape index (κ1) is 11.0. The van der Waals surface area contributed by atoms with Crippen LogP contribution in [0.5, 0.6) is 0 Å². The Hall–Kier alpha value is -2.16. The van der Waals surface area contributed by atoms with E-state index in [-0.39, 0.29) is 0 Å². The summed E-state index contributed by atoms with van der Waals surface area (Å²) in [5, 5.41) is 0. The fourth-order valence-electron chi connectivity index (χ4n) is 1.91. The van der Waals surface area contributed by atoms with Gasteiger partial charge in [0.05, 0.1) is 5.56 Å². The highest BCUT2D eigenvalue weighted by Gasteiger charge is 2.08. The molecule has 0 atom stereocenters. The minimum Gasteiger partial charge on any atom is -0.436 e. The number of pyridine rings is 1. The molecule has 0 saturated heterocycles. The summed E-state index contributed by atoms with van der Waals surface area (Å²) in [5.74, 6) is 0.630. The van der Waals surface area contributed by atoms with E-state index in [2.05, 4.69) is 29.0 Å². The summed E-state index contributed by atoms with van der Waals surface area (Å²) < 4.78 is 5.74. The zero-order valence-corrected chi connectivity index (χ0v) is 10.5. The Morgan fingerprint density at radius 1 is 1.17 bits per heavy atom. The molecule has 0 spiro atoms. The van der Waals surface area contributed by atoms with E-state index in [0.717, 1.165) is 28.8 Å². The third-order valence-corrected chi connectivity index (χ3v) is 3.02.